The Hall–Kier alpha value is -7.11. The van der Waals surface area contributed by atoms with Gasteiger partial charge in [0, 0.05) is 36.9 Å². The van der Waals surface area contributed by atoms with Crippen molar-refractivity contribution in [2.24, 2.45) is 47.3 Å². The van der Waals surface area contributed by atoms with Crippen LogP contribution in [0, 0.1) is 82.0 Å². The van der Waals surface area contributed by atoms with Gasteiger partial charge in [0.15, 0.2) is 0 Å². The predicted molar refractivity (Wildman–Crippen MR) is 434 cm³/mol. The number of nitrogens with one attached hydrogen (secondary N) is 4. The van der Waals surface area contributed by atoms with E-state index in [1.807, 2.05) is 36.4 Å². The Kier molecular flexibility index (Phi) is 33.7. The van der Waals surface area contributed by atoms with Gasteiger partial charge in [-0.1, -0.05) is 178 Å². The van der Waals surface area contributed by atoms with Gasteiger partial charge in [-0.2, -0.15) is 0 Å². The van der Waals surface area contributed by atoms with Crippen molar-refractivity contribution in [3.63, 3.8) is 0 Å². The van der Waals surface area contributed by atoms with Gasteiger partial charge in [0.2, 0.25) is 0 Å². The first-order valence-electron chi connectivity index (χ1n) is 39.5. The fourth-order valence-corrected chi connectivity index (χ4v) is 16.0. The quantitative estimate of drug-likeness (QED) is 0.0306. The molecule has 10 heteroatoms. The molecule has 0 aliphatic heterocycles. The summed E-state index contributed by atoms with van der Waals surface area (Å²) in [7, 11) is 0. The summed E-state index contributed by atoms with van der Waals surface area (Å²) in [4.78, 5) is 0. The highest BCUT2D eigenvalue weighted by atomic mass is 35.5. The van der Waals surface area contributed by atoms with Crippen LogP contribution in [-0.4, -0.2) is 50.6 Å². The third-order valence-electron chi connectivity index (χ3n) is 22.1. The molecule has 554 valence electrons. The Morgan fingerprint density at radius 1 is 0.330 bits per heavy atom. The summed E-state index contributed by atoms with van der Waals surface area (Å²) >= 11 is 6.24. The Labute approximate surface area is 627 Å². The minimum Gasteiger partial charge on any atom is -0.490 e. The number of nitrogens with two attached hydrogens (primary N) is 1. The van der Waals surface area contributed by atoms with Crippen LogP contribution < -0.4 is 45.9 Å². The van der Waals surface area contributed by atoms with Crippen LogP contribution in [0.1, 0.15) is 180 Å². The summed E-state index contributed by atoms with van der Waals surface area (Å²) in [6, 6.07) is 69.4. The van der Waals surface area contributed by atoms with Crippen molar-refractivity contribution in [3.05, 3.63) is 255 Å². The van der Waals surface area contributed by atoms with Crippen molar-refractivity contribution in [2.45, 2.75) is 216 Å². The van der Waals surface area contributed by atoms with Crippen LogP contribution in [0.15, 0.2) is 200 Å². The molecule has 103 heavy (non-hydrogen) atoms. The summed E-state index contributed by atoms with van der Waals surface area (Å²) in [6.45, 7) is 28.0. The molecule has 4 aliphatic carbocycles. The van der Waals surface area contributed by atoms with Gasteiger partial charge in [-0.15, -0.1) is 0 Å². The number of halogens is 1. The van der Waals surface area contributed by atoms with Crippen molar-refractivity contribution >= 4 is 17.3 Å². The van der Waals surface area contributed by atoms with Crippen molar-refractivity contribution < 1.29 is 18.9 Å². The average Bonchev–Trinajstić information content (AvgIpc) is 0.933. The number of ether oxygens (including phenoxy) is 4. The standard InChI is InChI=1S/C24H33NO.C23H30ClNO.C23H32N2O.C23H31NO/c1-18-10-12-21(13-11-18)17-25-16-20(3)22-7-5-9-24(15-22)26-23-8-4-6-19(2)14-23;1-17-7-5-10-21(13-17)26-22-11-6-9-19(14-22)18(2)15-25-16-20-8-3-4-12-23(20)24;1-17-6-3-10-22(12-17)26-23-11-5-8-20(14-23)18(2)15-25-16-19-7-4-9-21(24)13-19;1-18-8-6-12-22(14-18)25-23-13-7-11-21(15-23)19(2)16-24-17-20-9-4-3-5-10-20/h4,6,8,10-14,20,22,24-25H,5,7,9,15-17H2,1-3H3;3-5,7-8,10,12-13,18-19,22,25H,6,9,11,14-16H2,1-2H3;3-4,6-7,9-10,12-13,18,20,23,25H,5,8,11,14-16,24H2,1-2H3;3-6,8-10,12,14,19,21,23-24H,7,11,13,15-17H2,1-2H3/t20?,22?,24-;18?,19?,22-;18?,20?,23-;19?,21?,23-/m1111/s1. The highest BCUT2D eigenvalue weighted by molar-refractivity contribution is 6.31. The van der Waals surface area contributed by atoms with Gasteiger partial charge in [0.25, 0.3) is 0 Å². The molecule has 0 amide bonds. The van der Waals surface area contributed by atoms with Crippen LogP contribution in [-0.2, 0) is 26.2 Å². The molecule has 0 heterocycles. The number of aryl methyl sites for hydroxylation is 5. The molecular formula is C93H126ClN5O4. The predicted octanol–water partition coefficient (Wildman–Crippen LogP) is 22.0. The normalized spacial score (nSPS) is 21.4. The molecule has 4 saturated carbocycles. The fraction of sp³-hybridized carbons (Fsp3) is 0.484. The molecular weight excluding hydrogens is 1290 g/mol. The Morgan fingerprint density at radius 2 is 0.650 bits per heavy atom. The van der Waals surface area contributed by atoms with Crippen molar-refractivity contribution in [1.29, 1.82) is 0 Å². The lowest BCUT2D eigenvalue weighted by Gasteiger charge is -2.33. The summed E-state index contributed by atoms with van der Waals surface area (Å²) in [5.41, 5.74) is 18.2. The van der Waals surface area contributed by atoms with Crippen LogP contribution in [0.3, 0.4) is 0 Å². The van der Waals surface area contributed by atoms with E-state index >= 15 is 0 Å². The van der Waals surface area contributed by atoms with E-state index in [0.29, 0.717) is 48.1 Å². The van der Waals surface area contributed by atoms with E-state index in [-0.39, 0.29) is 0 Å². The number of nitrogen functional groups attached to an aromatic ring is 1. The highest BCUT2D eigenvalue weighted by Gasteiger charge is 2.31. The molecule has 8 unspecified atom stereocenters. The zero-order valence-electron chi connectivity index (χ0n) is 64.0. The fourth-order valence-electron chi connectivity index (χ4n) is 15.8. The number of anilines is 1. The molecule has 4 aliphatic rings. The number of hydrogen-bond donors (Lipinski definition) is 5. The summed E-state index contributed by atoms with van der Waals surface area (Å²) < 4.78 is 25.1. The van der Waals surface area contributed by atoms with E-state index in [0.717, 1.165) is 123 Å². The van der Waals surface area contributed by atoms with Gasteiger partial charge in [-0.25, -0.2) is 0 Å². The maximum absolute atomic E-state index is 6.28. The van der Waals surface area contributed by atoms with Crippen LogP contribution in [0.5, 0.6) is 23.0 Å². The molecule has 0 aromatic heterocycles. The van der Waals surface area contributed by atoms with E-state index in [1.165, 1.54) is 140 Å². The lowest BCUT2D eigenvalue weighted by atomic mass is 9.79. The molecule has 9 nitrogen and oxygen atoms in total. The van der Waals surface area contributed by atoms with Gasteiger partial charge in [0.1, 0.15) is 23.0 Å². The minimum atomic E-state index is 0.349. The Bertz CT molecular complexity index is 3680. The summed E-state index contributed by atoms with van der Waals surface area (Å²) in [5, 5.41) is 15.3. The monoisotopic (exact) mass is 1410 g/mol. The Balaban J connectivity index is 0.000000160. The first-order valence-corrected chi connectivity index (χ1v) is 39.8. The largest absolute Gasteiger partial charge is 0.490 e. The number of hydrogen-bond acceptors (Lipinski definition) is 9. The highest BCUT2D eigenvalue weighted by Crippen LogP contribution is 2.37. The number of rotatable bonds is 28. The first kappa shape index (κ1) is 80.0. The van der Waals surface area contributed by atoms with Crippen LogP contribution in [0.2, 0.25) is 5.02 Å². The van der Waals surface area contributed by atoms with Gasteiger partial charge in [0.05, 0.1) is 24.4 Å². The molecule has 6 N–H and O–H groups in total. The van der Waals surface area contributed by atoms with E-state index in [9.17, 15) is 0 Å². The SMILES string of the molecule is Cc1ccc(CNCC(C)C2CCC[C@@H](Oc3cccc(C)c3)C2)cc1.Cc1cccc(O[C@@H]2CCCC(C(C)CNCc3cccc(N)c3)C2)c1.Cc1cccc(O[C@@H]2CCCC(C(C)CNCc3ccccc3)C2)c1.Cc1cccc(O[C@@H]2CCCC(C(C)CNCc3ccccc3Cl)C2)c1. The molecule has 12 atom stereocenters. The third-order valence-corrected chi connectivity index (χ3v) is 22.5. The molecule has 12 rings (SSSR count). The minimum absolute atomic E-state index is 0.349. The van der Waals surface area contributed by atoms with Crippen LogP contribution in [0.4, 0.5) is 5.69 Å². The summed E-state index contributed by atoms with van der Waals surface area (Å²) in [6.07, 6.45) is 21.2. The molecule has 0 saturated heterocycles. The van der Waals surface area contributed by atoms with Crippen molar-refractivity contribution in [1.82, 2.24) is 21.3 Å². The van der Waals surface area contributed by atoms with Crippen molar-refractivity contribution in [3.8, 4) is 23.0 Å². The lowest BCUT2D eigenvalue weighted by Crippen LogP contribution is -2.33. The molecule has 8 aromatic carbocycles. The second-order valence-electron chi connectivity index (χ2n) is 31.2. The molecule has 0 spiro atoms. The number of benzene rings is 8. The van der Waals surface area contributed by atoms with E-state index in [4.69, 9.17) is 36.3 Å². The zero-order chi connectivity index (χ0) is 72.6. The molecule has 8 aromatic rings. The smallest absolute Gasteiger partial charge is 0.119 e. The van der Waals surface area contributed by atoms with Crippen LogP contribution >= 0.6 is 11.6 Å². The molecule has 0 bridgehead atoms. The van der Waals surface area contributed by atoms with Gasteiger partial charge in [-0.05, 0) is 322 Å². The third kappa shape index (κ3) is 29.0. The first-order chi connectivity index (χ1) is 50.0. The second kappa shape index (κ2) is 43.4. The zero-order valence-corrected chi connectivity index (χ0v) is 64.8. The van der Waals surface area contributed by atoms with E-state index < -0.39 is 0 Å². The van der Waals surface area contributed by atoms with Gasteiger partial charge in [-0.3, -0.25) is 0 Å². The van der Waals surface area contributed by atoms with Crippen molar-refractivity contribution in [2.75, 3.05) is 31.9 Å². The molecule has 0 radical (unpaired) electrons. The molecule has 4 fully saturated rings. The maximum Gasteiger partial charge on any atom is 0.119 e. The maximum atomic E-state index is 6.28. The van der Waals surface area contributed by atoms with Crippen LogP contribution in [0.25, 0.3) is 0 Å². The van der Waals surface area contributed by atoms with Gasteiger partial charge < -0.3 is 45.9 Å². The second-order valence-corrected chi connectivity index (χ2v) is 31.6. The van der Waals surface area contributed by atoms with Gasteiger partial charge >= 0.3 is 0 Å². The van der Waals surface area contributed by atoms with E-state index in [2.05, 4.69) is 247 Å². The Morgan fingerprint density at radius 3 is 1.01 bits per heavy atom. The average molecular weight is 1410 g/mol. The summed E-state index contributed by atoms with van der Waals surface area (Å²) in [5.74, 6) is 9.71. The van der Waals surface area contributed by atoms with E-state index in [1.54, 1.807) is 0 Å². The topological polar surface area (TPSA) is 111 Å². The lowest BCUT2D eigenvalue weighted by molar-refractivity contribution is 0.102.